The van der Waals surface area contributed by atoms with E-state index >= 15 is 0 Å². The second kappa shape index (κ2) is 8.46. The van der Waals surface area contributed by atoms with Crippen LogP contribution >= 0.6 is 7.60 Å². The highest BCUT2D eigenvalue weighted by molar-refractivity contribution is 7.53. The zero-order valence-corrected chi connectivity index (χ0v) is 13.8. The van der Waals surface area contributed by atoms with Crippen molar-refractivity contribution in [1.82, 2.24) is 5.32 Å². The van der Waals surface area contributed by atoms with E-state index in [1.807, 2.05) is 6.07 Å². The van der Waals surface area contributed by atoms with Gasteiger partial charge in [0.15, 0.2) is 0 Å². The number of carbonyl (C=O) groups excluding carboxylic acids is 1. The zero-order chi connectivity index (χ0) is 17.5. The molecule has 2 unspecified atom stereocenters. The molecule has 0 bridgehead atoms. The molecular weight excluding hydrogens is 319 g/mol. The molecule has 1 aliphatic rings. The fraction of sp³-hybridized carbons (Fsp3) is 0.571. The summed E-state index contributed by atoms with van der Waals surface area (Å²) in [4.78, 5) is 11.8. The Morgan fingerprint density at radius 1 is 1.26 bits per heavy atom. The van der Waals surface area contributed by atoms with Crippen LogP contribution in [0, 0.1) is 45.8 Å². The van der Waals surface area contributed by atoms with Crippen LogP contribution in [0.2, 0.25) is 0 Å². The van der Waals surface area contributed by atoms with E-state index in [2.05, 4.69) is 5.32 Å². The molecule has 0 saturated carbocycles. The maximum Gasteiger partial charge on any atom is 0.331 e. The molecule has 0 radical (unpaired) electrons. The van der Waals surface area contributed by atoms with Crippen molar-refractivity contribution in [3.05, 3.63) is 11.3 Å². The molecule has 0 aromatic heterocycles. The average molecular weight is 336 g/mol. The highest BCUT2D eigenvalue weighted by atomic mass is 31.2. The minimum Gasteiger partial charge on any atom is -0.327 e. The molecule has 1 saturated heterocycles. The highest BCUT2D eigenvalue weighted by Gasteiger charge is 2.40. The van der Waals surface area contributed by atoms with Crippen molar-refractivity contribution in [2.45, 2.75) is 20.3 Å². The standard InChI is InChI=1S/C14H17N4O4P/c1-3-21-23(20,22-4-2)9-10-5-13(19)18-14(12(10)8-17)11(6-15)7-16/h10,12H,3-5,9H2,1-2H3,(H,18,19). The predicted octanol–water partition coefficient (Wildman–Crippen LogP) is 1.83. The first-order valence-corrected chi connectivity index (χ1v) is 8.79. The van der Waals surface area contributed by atoms with E-state index in [9.17, 15) is 14.6 Å². The fourth-order valence-electron chi connectivity index (χ4n) is 2.40. The summed E-state index contributed by atoms with van der Waals surface area (Å²) in [6.07, 6.45) is -0.191. The monoisotopic (exact) mass is 336 g/mol. The first-order chi connectivity index (χ1) is 10.9. The van der Waals surface area contributed by atoms with Gasteiger partial charge in [0.1, 0.15) is 17.7 Å². The number of amides is 1. The third-order valence-corrected chi connectivity index (χ3v) is 5.47. The van der Waals surface area contributed by atoms with Gasteiger partial charge < -0.3 is 14.4 Å². The number of nitrogens with one attached hydrogen (secondary N) is 1. The molecule has 1 heterocycles. The van der Waals surface area contributed by atoms with Crippen molar-refractivity contribution in [3.8, 4) is 18.2 Å². The molecule has 0 spiro atoms. The summed E-state index contributed by atoms with van der Waals surface area (Å²) >= 11 is 0. The topological polar surface area (TPSA) is 136 Å². The summed E-state index contributed by atoms with van der Waals surface area (Å²) in [5.74, 6) is -2.04. The average Bonchev–Trinajstić information content (AvgIpc) is 2.48. The number of piperidine rings is 1. The van der Waals surface area contributed by atoms with Crippen LogP contribution in [0.25, 0.3) is 0 Å². The van der Waals surface area contributed by atoms with Gasteiger partial charge in [0.25, 0.3) is 0 Å². The van der Waals surface area contributed by atoms with Gasteiger partial charge in [-0.05, 0) is 13.8 Å². The summed E-state index contributed by atoms with van der Waals surface area (Å²) in [6, 6.07) is 5.30. The highest BCUT2D eigenvalue weighted by Crippen LogP contribution is 2.52. The van der Waals surface area contributed by atoms with Crippen molar-refractivity contribution in [2.75, 3.05) is 19.4 Å². The molecular formula is C14H17N4O4P. The summed E-state index contributed by atoms with van der Waals surface area (Å²) in [5, 5.41) is 29.7. The Kier molecular flexibility index (Phi) is 6.94. The van der Waals surface area contributed by atoms with Gasteiger partial charge in [0.2, 0.25) is 5.91 Å². The summed E-state index contributed by atoms with van der Waals surface area (Å²) < 4.78 is 23.0. The smallest absolute Gasteiger partial charge is 0.327 e. The third kappa shape index (κ3) is 4.65. The van der Waals surface area contributed by atoms with Gasteiger partial charge in [0.05, 0.1) is 37.1 Å². The molecule has 0 aromatic rings. The van der Waals surface area contributed by atoms with E-state index in [-0.39, 0.29) is 37.1 Å². The molecule has 1 N–H and O–H groups in total. The molecule has 8 nitrogen and oxygen atoms in total. The maximum absolute atomic E-state index is 12.6. The van der Waals surface area contributed by atoms with Crippen molar-refractivity contribution >= 4 is 13.5 Å². The van der Waals surface area contributed by atoms with E-state index in [4.69, 9.17) is 19.6 Å². The van der Waals surface area contributed by atoms with Crippen LogP contribution < -0.4 is 5.32 Å². The van der Waals surface area contributed by atoms with E-state index in [1.54, 1.807) is 26.0 Å². The number of carbonyl (C=O) groups is 1. The first-order valence-electron chi connectivity index (χ1n) is 7.06. The van der Waals surface area contributed by atoms with Gasteiger partial charge in [0, 0.05) is 12.3 Å². The predicted molar refractivity (Wildman–Crippen MR) is 79.3 cm³/mol. The van der Waals surface area contributed by atoms with Crippen LogP contribution in [0.3, 0.4) is 0 Å². The molecule has 23 heavy (non-hydrogen) atoms. The van der Waals surface area contributed by atoms with Crippen LogP contribution in [0.5, 0.6) is 0 Å². The SMILES string of the molecule is CCOP(=O)(CC1CC(=O)NC(=C(C#N)C#N)C1C#N)OCC. The second-order valence-electron chi connectivity index (χ2n) is 4.76. The Labute approximate surface area is 134 Å². The lowest BCUT2D eigenvalue weighted by atomic mass is 9.84. The molecule has 1 fully saturated rings. The van der Waals surface area contributed by atoms with E-state index < -0.39 is 25.3 Å². The van der Waals surface area contributed by atoms with Crippen molar-refractivity contribution < 1.29 is 18.4 Å². The van der Waals surface area contributed by atoms with Gasteiger partial charge in [-0.25, -0.2) is 0 Å². The molecule has 1 rings (SSSR count). The van der Waals surface area contributed by atoms with E-state index in [0.29, 0.717) is 0 Å². The van der Waals surface area contributed by atoms with Crippen LogP contribution in [0.1, 0.15) is 20.3 Å². The lowest BCUT2D eigenvalue weighted by Crippen LogP contribution is -2.40. The Morgan fingerprint density at radius 2 is 1.83 bits per heavy atom. The minimum absolute atomic E-state index is 0.0432. The van der Waals surface area contributed by atoms with Gasteiger partial charge >= 0.3 is 7.60 Å². The number of allylic oxidation sites excluding steroid dienone is 2. The Balaban J connectivity index is 3.20. The molecule has 1 aliphatic heterocycles. The van der Waals surface area contributed by atoms with Gasteiger partial charge in [-0.1, -0.05) is 0 Å². The number of hydrogen-bond acceptors (Lipinski definition) is 7. The van der Waals surface area contributed by atoms with E-state index in [1.165, 1.54) is 0 Å². The molecule has 0 aromatic carbocycles. The van der Waals surface area contributed by atoms with Crippen LogP contribution in [-0.2, 0) is 18.4 Å². The largest absolute Gasteiger partial charge is 0.331 e. The van der Waals surface area contributed by atoms with Crippen molar-refractivity contribution in [2.24, 2.45) is 11.8 Å². The Bertz CT molecular complexity index is 642. The normalized spacial score (nSPS) is 20.8. The zero-order valence-electron chi connectivity index (χ0n) is 12.9. The number of nitrogens with zero attached hydrogens (tertiary/aromatic N) is 3. The molecule has 2 atom stereocenters. The van der Waals surface area contributed by atoms with Crippen molar-refractivity contribution in [1.29, 1.82) is 15.8 Å². The molecule has 1 amide bonds. The van der Waals surface area contributed by atoms with Crippen molar-refractivity contribution in [3.63, 3.8) is 0 Å². The minimum atomic E-state index is -3.46. The van der Waals surface area contributed by atoms with Crippen LogP contribution in [0.4, 0.5) is 0 Å². The Morgan fingerprint density at radius 3 is 2.26 bits per heavy atom. The first kappa shape index (κ1) is 18.9. The molecule has 0 aliphatic carbocycles. The summed E-state index contributed by atoms with van der Waals surface area (Å²) in [7, 11) is -3.46. The Hall–Kier alpha value is -2.17. The third-order valence-electron chi connectivity index (χ3n) is 3.25. The number of hydrogen-bond donors (Lipinski definition) is 1. The fourth-order valence-corrected chi connectivity index (χ4v) is 4.38. The van der Waals surface area contributed by atoms with Crippen LogP contribution in [-0.4, -0.2) is 25.3 Å². The van der Waals surface area contributed by atoms with Gasteiger partial charge in [-0.3, -0.25) is 9.36 Å². The maximum atomic E-state index is 12.6. The quantitative estimate of drug-likeness (QED) is 0.577. The lowest BCUT2D eigenvalue weighted by Gasteiger charge is -2.31. The lowest BCUT2D eigenvalue weighted by molar-refractivity contribution is -0.122. The molecule has 122 valence electrons. The van der Waals surface area contributed by atoms with Gasteiger partial charge in [-0.15, -0.1) is 0 Å². The summed E-state index contributed by atoms with van der Waals surface area (Å²) in [6.45, 7) is 3.65. The number of rotatable bonds is 6. The van der Waals surface area contributed by atoms with Crippen LogP contribution in [0.15, 0.2) is 11.3 Å². The summed E-state index contributed by atoms with van der Waals surface area (Å²) in [5.41, 5.74) is -0.379. The second-order valence-corrected chi connectivity index (χ2v) is 6.86. The molecule has 9 heteroatoms. The number of nitriles is 3. The van der Waals surface area contributed by atoms with E-state index in [0.717, 1.165) is 0 Å². The van der Waals surface area contributed by atoms with Gasteiger partial charge in [-0.2, -0.15) is 15.8 Å².